The monoisotopic (exact) mass is 312 g/mol. The Morgan fingerprint density at radius 3 is 2.68 bits per heavy atom. The number of nitrogens with zero attached hydrogens (tertiary/aromatic N) is 3. The molecule has 0 atom stereocenters. The van der Waals surface area contributed by atoms with Gasteiger partial charge in [-0.25, -0.2) is 0 Å². The van der Waals surface area contributed by atoms with Gasteiger partial charge in [0.05, 0.1) is 11.2 Å². The minimum Gasteiger partial charge on any atom is -0.333 e. The number of aromatic nitrogens is 3. The van der Waals surface area contributed by atoms with Gasteiger partial charge in [0.15, 0.2) is 5.82 Å². The molecule has 5 nitrogen and oxygen atoms in total. The molecule has 0 radical (unpaired) electrons. The highest BCUT2D eigenvalue weighted by atomic mass is 32.1. The van der Waals surface area contributed by atoms with E-state index in [0.717, 1.165) is 41.8 Å². The van der Waals surface area contributed by atoms with Crippen molar-refractivity contribution >= 4 is 11.5 Å². The maximum absolute atomic E-state index is 6.37. The van der Waals surface area contributed by atoms with E-state index in [-0.39, 0.29) is 0 Å². The number of nitrogens with two attached hydrogens (primary N) is 1. The van der Waals surface area contributed by atoms with Crippen molar-refractivity contribution in [1.82, 2.24) is 14.5 Å². The van der Waals surface area contributed by atoms with Crippen molar-refractivity contribution in [2.24, 2.45) is 5.73 Å². The van der Waals surface area contributed by atoms with Gasteiger partial charge in [0, 0.05) is 5.56 Å². The first-order chi connectivity index (χ1) is 10.7. The third kappa shape index (κ3) is 2.34. The van der Waals surface area contributed by atoms with E-state index in [1.54, 1.807) is 0 Å². The van der Waals surface area contributed by atoms with Crippen LogP contribution in [-0.4, -0.2) is 14.5 Å². The average Bonchev–Trinajstić information content (AvgIpc) is 3.28. The number of benzene rings is 1. The van der Waals surface area contributed by atoms with Crippen molar-refractivity contribution in [3.05, 3.63) is 42.2 Å². The lowest BCUT2D eigenvalue weighted by atomic mass is 9.99. The molecule has 0 saturated heterocycles. The first kappa shape index (κ1) is 13.6. The zero-order valence-electron chi connectivity index (χ0n) is 12.0. The van der Waals surface area contributed by atoms with Crippen molar-refractivity contribution in [1.29, 1.82) is 0 Å². The van der Waals surface area contributed by atoms with E-state index >= 15 is 0 Å². The summed E-state index contributed by atoms with van der Waals surface area (Å²) in [6.07, 6.45) is 4.09. The van der Waals surface area contributed by atoms with E-state index in [9.17, 15) is 0 Å². The van der Waals surface area contributed by atoms with Crippen LogP contribution in [0.15, 0.2) is 40.9 Å². The highest BCUT2D eigenvalue weighted by molar-refractivity contribution is 7.09. The van der Waals surface area contributed by atoms with Crippen LogP contribution in [0.3, 0.4) is 0 Å². The molecule has 0 spiro atoms. The minimum atomic E-state index is -0.422. The molecule has 0 unspecified atom stereocenters. The second-order valence-corrected chi connectivity index (χ2v) is 6.53. The predicted octanol–water partition coefficient (Wildman–Crippen LogP) is 3.59. The summed E-state index contributed by atoms with van der Waals surface area (Å²) in [5.41, 5.74) is 7.95. The molecular formula is C16H16N4OS. The SMILES string of the molecule is NC1(c2noc(-c3cc(-c4ccccc4)ns3)n2)CCCC1. The molecule has 112 valence electrons. The third-order valence-corrected chi connectivity index (χ3v) is 4.93. The fraction of sp³-hybridized carbons (Fsp3) is 0.312. The Kier molecular flexibility index (Phi) is 3.28. The number of rotatable bonds is 3. The second-order valence-electron chi connectivity index (χ2n) is 5.73. The zero-order chi connectivity index (χ0) is 15.0. The molecule has 1 aromatic carbocycles. The van der Waals surface area contributed by atoms with Crippen LogP contribution in [0.4, 0.5) is 0 Å². The highest BCUT2D eigenvalue weighted by Crippen LogP contribution is 2.36. The maximum Gasteiger partial charge on any atom is 0.269 e. The Bertz CT molecular complexity index is 774. The lowest BCUT2D eigenvalue weighted by molar-refractivity contribution is 0.373. The van der Waals surface area contributed by atoms with Crippen molar-refractivity contribution in [3.8, 4) is 22.0 Å². The molecule has 0 amide bonds. The first-order valence-electron chi connectivity index (χ1n) is 7.40. The van der Waals surface area contributed by atoms with Gasteiger partial charge in [-0.1, -0.05) is 48.3 Å². The molecule has 3 aromatic rings. The van der Waals surface area contributed by atoms with Gasteiger partial charge in [0.1, 0.15) is 4.88 Å². The standard InChI is InChI=1S/C16H16N4OS/c17-16(8-4-5-9-16)15-18-14(21-19-15)13-10-12(20-22-13)11-6-2-1-3-7-11/h1-3,6-7,10H,4-5,8-9,17H2. The minimum absolute atomic E-state index is 0.422. The Balaban J connectivity index is 1.63. The summed E-state index contributed by atoms with van der Waals surface area (Å²) in [4.78, 5) is 5.38. The normalized spacial score (nSPS) is 17.0. The van der Waals surface area contributed by atoms with Crippen LogP contribution in [0, 0.1) is 0 Å². The molecule has 0 bridgehead atoms. The quantitative estimate of drug-likeness (QED) is 0.799. The average molecular weight is 312 g/mol. The van der Waals surface area contributed by atoms with Crippen molar-refractivity contribution in [3.63, 3.8) is 0 Å². The van der Waals surface area contributed by atoms with Crippen molar-refractivity contribution < 1.29 is 4.52 Å². The van der Waals surface area contributed by atoms with Crippen molar-refractivity contribution in [2.45, 2.75) is 31.2 Å². The molecule has 2 heterocycles. The zero-order valence-corrected chi connectivity index (χ0v) is 12.8. The van der Waals surface area contributed by atoms with E-state index in [1.807, 2.05) is 36.4 Å². The molecule has 2 N–H and O–H groups in total. The molecule has 1 fully saturated rings. The van der Waals surface area contributed by atoms with Crippen LogP contribution >= 0.6 is 11.5 Å². The van der Waals surface area contributed by atoms with Crippen molar-refractivity contribution in [2.75, 3.05) is 0 Å². The molecule has 0 aliphatic heterocycles. The molecule has 1 saturated carbocycles. The Morgan fingerprint density at radius 2 is 1.91 bits per heavy atom. The molecular weight excluding hydrogens is 296 g/mol. The smallest absolute Gasteiger partial charge is 0.269 e. The van der Waals surface area contributed by atoms with Crippen LogP contribution < -0.4 is 5.73 Å². The summed E-state index contributed by atoms with van der Waals surface area (Å²) < 4.78 is 9.88. The summed E-state index contributed by atoms with van der Waals surface area (Å²) >= 11 is 1.37. The van der Waals surface area contributed by atoms with E-state index in [4.69, 9.17) is 10.3 Å². The van der Waals surface area contributed by atoms with E-state index in [0.29, 0.717) is 11.7 Å². The highest BCUT2D eigenvalue weighted by Gasteiger charge is 2.36. The van der Waals surface area contributed by atoms with Crippen LogP contribution in [-0.2, 0) is 5.54 Å². The van der Waals surface area contributed by atoms with Gasteiger partial charge < -0.3 is 10.3 Å². The molecule has 22 heavy (non-hydrogen) atoms. The Morgan fingerprint density at radius 1 is 1.14 bits per heavy atom. The van der Waals surface area contributed by atoms with Crippen LogP contribution in [0.1, 0.15) is 31.5 Å². The summed E-state index contributed by atoms with van der Waals surface area (Å²) in [6.45, 7) is 0. The first-order valence-corrected chi connectivity index (χ1v) is 8.18. The van der Waals surface area contributed by atoms with Gasteiger partial charge >= 0.3 is 0 Å². The molecule has 6 heteroatoms. The lowest BCUT2D eigenvalue weighted by Gasteiger charge is -2.17. The molecule has 4 rings (SSSR count). The Labute approximate surface area is 132 Å². The Hall–Kier alpha value is -2.05. The van der Waals surface area contributed by atoms with Gasteiger partial charge in [0.2, 0.25) is 0 Å². The summed E-state index contributed by atoms with van der Waals surface area (Å²) in [7, 11) is 0. The summed E-state index contributed by atoms with van der Waals surface area (Å²) in [5, 5.41) is 4.10. The van der Waals surface area contributed by atoms with E-state index in [2.05, 4.69) is 14.5 Å². The van der Waals surface area contributed by atoms with Gasteiger partial charge in [-0.3, -0.25) is 0 Å². The lowest BCUT2D eigenvalue weighted by Crippen LogP contribution is -2.34. The summed E-state index contributed by atoms with van der Waals surface area (Å²) in [5.74, 6) is 1.13. The maximum atomic E-state index is 6.37. The molecule has 1 aliphatic carbocycles. The van der Waals surface area contributed by atoms with Crippen LogP contribution in [0.2, 0.25) is 0 Å². The third-order valence-electron chi connectivity index (χ3n) is 4.16. The largest absolute Gasteiger partial charge is 0.333 e. The number of hydrogen-bond acceptors (Lipinski definition) is 6. The second kappa shape index (κ2) is 5.30. The van der Waals surface area contributed by atoms with Crippen LogP contribution in [0.5, 0.6) is 0 Å². The van der Waals surface area contributed by atoms with Crippen LogP contribution in [0.25, 0.3) is 22.0 Å². The van der Waals surface area contributed by atoms with E-state index < -0.39 is 5.54 Å². The topological polar surface area (TPSA) is 77.8 Å². The molecule has 2 aromatic heterocycles. The van der Waals surface area contributed by atoms with Gasteiger partial charge in [0.25, 0.3) is 5.89 Å². The fourth-order valence-electron chi connectivity index (χ4n) is 2.88. The number of hydrogen-bond donors (Lipinski definition) is 1. The van der Waals surface area contributed by atoms with Gasteiger partial charge in [-0.2, -0.15) is 9.36 Å². The van der Waals surface area contributed by atoms with E-state index in [1.165, 1.54) is 11.5 Å². The fourth-order valence-corrected chi connectivity index (χ4v) is 3.56. The molecule has 1 aliphatic rings. The van der Waals surface area contributed by atoms with Gasteiger partial charge in [-0.05, 0) is 30.4 Å². The van der Waals surface area contributed by atoms with Gasteiger partial charge in [-0.15, -0.1) is 0 Å². The predicted molar refractivity (Wildman–Crippen MR) is 85.2 cm³/mol. The summed E-state index contributed by atoms with van der Waals surface area (Å²) in [6, 6.07) is 12.0.